The molecule has 2 aromatic rings. The summed E-state index contributed by atoms with van der Waals surface area (Å²) in [7, 11) is 2.11. The van der Waals surface area contributed by atoms with Crippen molar-refractivity contribution in [1.82, 2.24) is 4.57 Å². The standard InChI is InChI=1S/C15H21N/c1-11(2)5-6-13-10-14-7-8-16(4)15(14)9-12(13)3/h7-11H,5-6H2,1-4H3. The predicted octanol–water partition coefficient (Wildman–Crippen LogP) is 4.08. The predicted molar refractivity (Wildman–Crippen MR) is 70.8 cm³/mol. The lowest BCUT2D eigenvalue weighted by Crippen LogP contribution is -1.95. The molecule has 0 aliphatic carbocycles. The van der Waals surface area contributed by atoms with Gasteiger partial charge in [0.2, 0.25) is 0 Å². The Morgan fingerprint density at radius 1 is 1.25 bits per heavy atom. The van der Waals surface area contributed by atoms with Crippen molar-refractivity contribution < 1.29 is 0 Å². The van der Waals surface area contributed by atoms with Crippen LogP contribution in [0.5, 0.6) is 0 Å². The van der Waals surface area contributed by atoms with E-state index in [9.17, 15) is 0 Å². The van der Waals surface area contributed by atoms with Gasteiger partial charge in [0.25, 0.3) is 0 Å². The van der Waals surface area contributed by atoms with Gasteiger partial charge >= 0.3 is 0 Å². The minimum atomic E-state index is 0.783. The highest BCUT2D eigenvalue weighted by Gasteiger charge is 2.05. The van der Waals surface area contributed by atoms with Crippen LogP contribution in [0.15, 0.2) is 24.4 Å². The van der Waals surface area contributed by atoms with Crippen LogP contribution in [0.3, 0.4) is 0 Å². The van der Waals surface area contributed by atoms with Gasteiger partial charge in [-0.05, 0) is 60.4 Å². The SMILES string of the molecule is Cc1cc2c(ccn2C)cc1CCC(C)C. The third-order valence-electron chi connectivity index (χ3n) is 3.33. The van der Waals surface area contributed by atoms with Crippen LogP contribution >= 0.6 is 0 Å². The summed E-state index contributed by atoms with van der Waals surface area (Å²) in [5.74, 6) is 0.783. The zero-order valence-corrected chi connectivity index (χ0v) is 10.7. The number of aromatic nitrogens is 1. The second-order valence-corrected chi connectivity index (χ2v) is 5.20. The summed E-state index contributed by atoms with van der Waals surface area (Å²) >= 11 is 0. The van der Waals surface area contributed by atoms with Crippen LogP contribution in [0.2, 0.25) is 0 Å². The topological polar surface area (TPSA) is 4.93 Å². The lowest BCUT2D eigenvalue weighted by atomic mass is 9.98. The third-order valence-corrected chi connectivity index (χ3v) is 3.33. The summed E-state index contributed by atoms with van der Waals surface area (Å²) in [4.78, 5) is 0. The van der Waals surface area contributed by atoms with E-state index in [1.165, 1.54) is 34.9 Å². The Morgan fingerprint density at radius 2 is 2.00 bits per heavy atom. The Hall–Kier alpha value is -1.24. The van der Waals surface area contributed by atoms with Crippen LogP contribution in [-0.2, 0) is 13.5 Å². The number of rotatable bonds is 3. The van der Waals surface area contributed by atoms with E-state index in [1.807, 2.05) is 0 Å². The molecule has 16 heavy (non-hydrogen) atoms. The van der Waals surface area contributed by atoms with Crippen molar-refractivity contribution in [2.24, 2.45) is 13.0 Å². The zero-order chi connectivity index (χ0) is 11.7. The number of benzene rings is 1. The van der Waals surface area contributed by atoms with Crippen molar-refractivity contribution in [3.05, 3.63) is 35.5 Å². The molecule has 1 heterocycles. The first kappa shape index (κ1) is 11.3. The van der Waals surface area contributed by atoms with E-state index in [1.54, 1.807) is 0 Å². The molecule has 0 radical (unpaired) electrons. The van der Waals surface area contributed by atoms with Gasteiger partial charge in [-0.1, -0.05) is 13.8 Å². The highest BCUT2D eigenvalue weighted by molar-refractivity contribution is 5.81. The fraction of sp³-hybridized carbons (Fsp3) is 0.467. The maximum absolute atomic E-state index is 2.35. The number of fused-ring (bicyclic) bond motifs is 1. The Morgan fingerprint density at radius 3 is 2.69 bits per heavy atom. The largest absolute Gasteiger partial charge is 0.351 e. The summed E-state index contributed by atoms with van der Waals surface area (Å²) in [6, 6.07) is 6.87. The maximum Gasteiger partial charge on any atom is 0.0480 e. The van der Waals surface area contributed by atoms with Crippen LogP contribution in [-0.4, -0.2) is 4.57 Å². The fourth-order valence-corrected chi connectivity index (χ4v) is 2.18. The van der Waals surface area contributed by atoms with Gasteiger partial charge in [0.15, 0.2) is 0 Å². The second-order valence-electron chi connectivity index (χ2n) is 5.20. The zero-order valence-electron chi connectivity index (χ0n) is 10.7. The van der Waals surface area contributed by atoms with E-state index in [0.29, 0.717) is 0 Å². The Kier molecular flexibility index (Phi) is 3.04. The molecule has 1 aromatic carbocycles. The Bertz CT molecular complexity index is 491. The minimum absolute atomic E-state index is 0.783. The van der Waals surface area contributed by atoms with Gasteiger partial charge in [0.1, 0.15) is 0 Å². The second kappa shape index (κ2) is 4.32. The van der Waals surface area contributed by atoms with Gasteiger partial charge in [-0.25, -0.2) is 0 Å². The van der Waals surface area contributed by atoms with Gasteiger partial charge in [-0.2, -0.15) is 0 Å². The van der Waals surface area contributed by atoms with Gasteiger partial charge in [0, 0.05) is 18.8 Å². The summed E-state index contributed by atoms with van der Waals surface area (Å²) in [5.41, 5.74) is 4.27. The fourth-order valence-electron chi connectivity index (χ4n) is 2.18. The Labute approximate surface area is 98.1 Å². The highest BCUT2D eigenvalue weighted by atomic mass is 14.9. The summed E-state index contributed by atoms with van der Waals surface area (Å²) in [6.45, 7) is 6.80. The lowest BCUT2D eigenvalue weighted by molar-refractivity contribution is 0.586. The first-order valence-corrected chi connectivity index (χ1v) is 6.12. The van der Waals surface area contributed by atoms with Crippen LogP contribution in [0.1, 0.15) is 31.4 Å². The van der Waals surface area contributed by atoms with E-state index >= 15 is 0 Å². The highest BCUT2D eigenvalue weighted by Crippen LogP contribution is 2.22. The quantitative estimate of drug-likeness (QED) is 0.727. The average molecular weight is 215 g/mol. The minimum Gasteiger partial charge on any atom is -0.351 e. The van der Waals surface area contributed by atoms with E-state index in [4.69, 9.17) is 0 Å². The van der Waals surface area contributed by atoms with Crippen molar-refractivity contribution >= 4 is 10.9 Å². The van der Waals surface area contributed by atoms with Crippen molar-refractivity contribution in [2.45, 2.75) is 33.6 Å². The molecule has 0 amide bonds. The first-order valence-electron chi connectivity index (χ1n) is 6.12. The van der Waals surface area contributed by atoms with Crippen molar-refractivity contribution in [2.75, 3.05) is 0 Å². The van der Waals surface area contributed by atoms with Gasteiger partial charge in [-0.3, -0.25) is 0 Å². The molecule has 0 saturated heterocycles. The van der Waals surface area contributed by atoms with E-state index in [0.717, 1.165) is 5.92 Å². The van der Waals surface area contributed by atoms with Crippen molar-refractivity contribution in [3.63, 3.8) is 0 Å². The van der Waals surface area contributed by atoms with Gasteiger partial charge in [0.05, 0.1) is 0 Å². The van der Waals surface area contributed by atoms with E-state index < -0.39 is 0 Å². The Balaban J connectivity index is 2.35. The van der Waals surface area contributed by atoms with Crippen molar-refractivity contribution in [3.8, 4) is 0 Å². The molecule has 0 bridgehead atoms. The molecule has 0 aliphatic heterocycles. The lowest BCUT2D eigenvalue weighted by Gasteiger charge is -2.09. The number of nitrogens with zero attached hydrogens (tertiary/aromatic N) is 1. The molecule has 0 unspecified atom stereocenters. The van der Waals surface area contributed by atoms with Crippen LogP contribution in [0.4, 0.5) is 0 Å². The van der Waals surface area contributed by atoms with Crippen LogP contribution < -0.4 is 0 Å². The molecule has 1 nitrogen and oxygen atoms in total. The normalized spacial score (nSPS) is 11.6. The number of aryl methyl sites for hydroxylation is 3. The van der Waals surface area contributed by atoms with Gasteiger partial charge < -0.3 is 4.57 Å². The summed E-state index contributed by atoms with van der Waals surface area (Å²) < 4.78 is 2.19. The molecule has 0 fully saturated rings. The molecule has 1 aromatic heterocycles. The van der Waals surface area contributed by atoms with Crippen LogP contribution in [0.25, 0.3) is 10.9 Å². The molecular weight excluding hydrogens is 194 g/mol. The molecule has 0 aliphatic rings. The van der Waals surface area contributed by atoms with Gasteiger partial charge in [-0.15, -0.1) is 0 Å². The first-order chi connectivity index (χ1) is 7.58. The monoisotopic (exact) mass is 215 g/mol. The van der Waals surface area contributed by atoms with Crippen LogP contribution in [0, 0.1) is 12.8 Å². The smallest absolute Gasteiger partial charge is 0.0480 e. The summed E-state index contributed by atoms with van der Waals surface area (Å²) in [6.07, 6.45) is 4.61. The molecule has 2 rings (SSSR count). The number of hydrogen-bond donors (Lipinski definition) is 0. The molecular formula is C15H21N. The molecule has 0 spiro atoms. The molecule has 86 valence electrons. The molecule has 0 atom stereocenters. The van der Waals surface area contributed by atoms with E-state index in [-0.39, 0.29) is 0 Å². The van der Waals surface area contributed by atoms with Crippen molar-refractivity contribution in [1.29, 1.82) is 0 Å². The van der Waals surface area contributed by atoms with E-state index in [2.05, 4.69) is 56.8 Å². The third kappa shape index (κ3) is 2.13. The molecule has 0 N–H and O–H groups in total. The summed E-state index contributed by atoms with van der Waals surface area (Å²) in [5, 5.41) is 1.37. The average Bonchev–Trinajstić information content (AvgIpc) is 2.57. The molecule has 1 heteroatoms. The number of hydrogen-bond acceptors (Lipinski definition) is 0. The molecule has 0 saturated carbocycles. The maximum atomic E-state index is 2.35.